The maximum atomic E-state index is 12.1. The average molecular weight is 497 g/mol. The summed E-state index contributed by atoms with van der Waals surface area (Å²) in [4.78, 5) is 36.0. The number of carbonyl (C=O) groups is 3. The van der Waals surface area contributed by atoms with Crippen molar-refractivity contribution in [1.29, 1.82) is 0 Å². The molecule has 0 saturated carbocycles. The van der Waals surface area contributed by atoms with E-state index in [4.69, 9.17) is 16.3 Å². The summed E-state index contributed by atoms with van der Waals surface area (Å²) in [6.07, 6.45) is -0.955. The van der Waals surface area contributed by atoms with Crippen LogP contribution >= 0.6 is 27.5 Å². The molecule has 9 heteroatoms. The van der Waals surface area contributed by atoms with Gasteiger partial charge in [-0.2, -0.15) is 0 Å². The third-order valence-electron chi connectivity index (χ3n) is 4.26. The molecule has 30 heavy (non-hydrogen) atoms. The maximum absolute atomic E-state index is 12.1. The number of nitrogens with one attached hydrogen (secondary N) is 3. The van der Waals surface area contributed by atoms with Gasteiger partial charge < -0.3 is 10.1 Å². The molecule has 1 unspecified atom stereocenters. The summed E-state index contributed by atoms with van der Waals surface area (Å²) in [5.74, 6) is -0.872. The Hall–Kier alpha value is -2.58. The van der Waals surface area contributed by atoms with Crippen LogP contribution in [0.15, 0.2) is 40.9 Å². The quantitative estimate of drug-likeness (QED) is 0.504. The molecule has 2 aromatic rings. The highest BCUT2D eigenvalue weighted by Gasteiger charge is 2.17. The lowest BCUT2D eigenvalue weighted by molar-refractivity contribution is -0.133. The Balaban J connectivity index is 1.73. The molecule has 2 aromatic carbocycles. The Morgan fingerprint density at radius 1 is 1.00 bits per heavy atom. The van der Waals surface area contributed by atoms with Crippen molar-refractivity contribution in [2.24, 2.45) is 0 Å². The van der Waals surface area contributed by atoms with Crippen LogP contribution in [0.4, 0.5) is 5.69 Å². The Morgan fingerprint density at radius 3 is 2.37 bits per heavy atom. The van der Waals surface area contributed by atoms with E-state index in [0.29, 0.717) is 20.9 Å². The van der Waals surface area contributed by atoms with Crippen molar-refractivity contribution < 1.29 is 19.1 Å². The first-order chi connectivity index (χ1) is 14.2. The number of amides is 3. The SMILES string of the molecule is Cc1ccc(NC(=O)CCC(=O)NNC(=O)C(C)Oc2ccc(Cl)cc2Br)cc1C. The van der Waals surface area contributed by atoms with Crippen LogP contribution in [0.5, 0.6) is 5.75 Å². The summed E-state index contributed by atoms with van der Waals surface area (Å²) in [6.45, 7) is 5.48. The van der Waals surface area contributed by atoms with Gasteiger partial charge in [-0.25, -0.2) is 0 Å². The third kappa shape index (κ3) is 7.35. The minimum absolute atomic E-state index is 0.0155. The van der Waals surface area contributed by atoms with E-state index in [1.807, 2.05) is 26.0 Å². The van der Waals surface area contributed by atoms with Crippen LogP contribution in [0.2, 0.25) is 5.02 Å². The molecule has 0 aliphatic heterocycles. The fourth-order valence-corrected chi connectivity index (χ4v) is 3.16. The number of anilines is 1. The van der Waals surface area contributed by atoms with Gasteiger partial charge in [0.05, 0.1) is 4.47 Å². The largest absolute Gasteiger partial charge is 0.480 e. The van der Waals surface area contributed by atoms with Gasteiger partial charge in [-0.05, 0) is 78.2 Å². The number of halogens is 2. The molecule has 0 bridgehead atoms. The van der Waals surface area contributed by atoms with Gasteiger partial charge in [-0.1, -0.05) is 17.7 Å². The van der Waals surface area contributed by atoms with Gasteiger partial charge in [0.2, 0.25) is 11.8 Å². The molecule has 3 N–H and O–H groups in total. The van der Waals surface area contributed by atoms with E-state index in [-0.39, 0.29) is 18.7 Å². The van der Waals surface area contributed by atoms with Crippen molar-refractivity contribution >= 4 is 50.9 Å². The van der Waals surface area contributed by atoms with E-state index in [1.165, 1.54) is 0 Å². The topological polar surface area (TPSA) is 96.5 Å². The van der Waals surface area contributed by atoms with Gasteiger partial charge in [0.25, 0.3) is 5.91 Å². The van der Waals surface area contributed by atoms with E-state index >= 15 is 0 Å². The first-order valence-corrected chi connectivity index (χ1v) is 10.4. The van der Waals surface area contributed by atoms with Gasteiger partial charge in [-0.3, -0.25) is 25.2 Å². The number of rotatable bonds is 7. The summed E-state index contributed by atoms with van der Waals surface area (Å²) in [5, 5.41) is 3.27. The fourth-order valence-electron chi connectivity index (χ4n) is 2.38. The second-order valence-corrected chi connectivity index (χ2v) is 8.01. The van der Waals surface area contributed by atoms with Crippen LogP contribution in [-0.4, -0.2) is 23.8 Å². The number of hydrazine groups is 1. The molecule has 1 atom stereocenters. The standard InChI is InChI=1S/C21H23BrClN3O4/c1-12-4-6-16(10-13(12)2)24-19(27)8-9-20(28)25-26-21(29)14(3)30-18-7-5-15(23)11-17(18)22/h4-7,10-11,14H,8-9H2,1-3H3,(H,24,27)(H,25,28)(H,26,29). The van der Waals surface area contributed by atoms with Crippen LogP contribution in [0.1, 0.15) is 30.9 Å². The van der Waals surface area contributed by atoms with E-state index < -0.39 is 17.9 Å². The Bertz CT molecular complexity index is 952. The normalized spacial score (nSPS) is 11.4. The average Bonchev–Trinajstić information content (AvgIpc) is 2.69. The maximum Gasteiger partial charge on any atom is 0.279 e. The highest BCUT2D eigenvalue weighted by Crippen LogP contribution is 2.28. The van der Waals surface area contributed by atoms with Crippen LogP contribution in [0.3, 0.4) is 0 Å². The number of ether oxygens (including phenoxy) is 1. The molecule has 0 heterocycles. The van der Waals surface area contributed by atoms with Gasteiger partial charge in [0.1, 0.15) is 5.75 Å². The van der Waals surface area contributed by atoms with Crippen molar-refractivity contribution in [2.45, 2.75) is 39.7 Å². The molecule has 0 saturated heterocycles. The van der Waals surface area contributed by atoms with Crippen molar-refractivity contribution in [3.63, 3.8) is 0 Å². The van der Waals surface area contributed by atoms with Gasteiger partial charge in [0, 0.05) is 23.6 Å². The van der Waals surface area contributed by atoms with Crippen molar-refractivity contribution in [3.05, 3.63) is 57.0 Å². The fraction of sp³-hybridized carbons (Fsp3) is 0.286. The van der Waals surface area contributed by atoms with E-state index in [9.17, 15) is 14.4 Å². The number of hydrogen-bond donors (Lipinski definition) is 3. The molecule has 7 nitrogen and oxygen atoms in total. The van der Waals surface area contributed by atoms with Crippen LogP contribution in [0, 0.1) is 13.8 Å². The molecule has 0 radical (unpaired) electrons. The molecule has 3 amide bonds. The summed E-state index contributed by atoms with van der Waals surface area (Å²) in [5.41, 5.74) is 7.43. The van der Waals surface area contributed by atoms with E-state index in [0.717, 1.165) is 11.1 Å². The van der Waals surface area contributed by atoms with Crippen LogP contribution < -0.4 is 20.9 Å². The van der Waals surface area contributed by atoms with Gasteiger partial charge >= 0.3 is 0 Å². The van der Waals surface area contributed by atoms with Crippen molar-refractivity contribution in [2.75, 3.05) is 5.32 Å². The summed E-state index contributed by atoms with van der Waals surface area (Å²) < 4.78 is 6.15. The highest BCUT2D eigenvalue weighted by atomic mass is 79.9. The summed E-state index contributed by atoms with van der Waals surface area (Å²) in [6, 6.07) is 10.5. The van der Waals surface area contributed by atoms with Crippen molar-refractivity contribution in [1.82, 2.24) is 10.9 Å². The molecule has 0 aliphatic carbocycles. The molecule has 160 valence electrons. The number of carbonyl (C=O) groups excluding carboxylic acids is 3. The lowest BCUT2D eigenvalue weighted by atomic mass is 10.1. The Morgan fingerprint density at radius 2 is 1.70 bits per heavy atom. The van der Waals surface area contributed by atoms with E-state index in [1.54, 1.807) is 31.2 Å². The minimum Gasteiger partial charge on any atom is -0.480 e. The Labute approximate surface area is 188 Å². The first-order valence-electron chi connectivity index (χ1n) is 9.23. The van der Waals surface area contributed by atoms with E-state index in [2.05, 4.69) is 32.1 Å². The van der Waals surface area contributed by atoms with Gasteiger partial charge in [-0.15, -0.1) is 0 Å². The lowest BCUT2D eigenvalue weighted by Crippen LogP contribution is -2.47. The van der Waals surface area contributed by atoms with Crippen LogP contribution in [0.25, 0.3) is 0 Å². The van der Waals surface area contributed by atoms with Crippen molar-refractivity contribution in [3.8, 4) is 5.75 Å². The monoisotopic (exact) mass is 495 g/mol. The molecular weight excluding hydrogens is 474 g/mol. The molecule has 2 rings (SSSR count). The zero-order chi connectivity index (χ0) is 22.3. The molecule has 0 fully saturated rings. The predicted molar refractivity (Wildman–Crippen MR) is 119 cm³/mol. The zero-order valence-electron chi connectivity index (χ0n) is 16.8. The molecule has 0 spiro atoms. The van der Waals surface area contributed by atoms with Gasteiger partial charge in [0.15, 0.2) is 6.10 Å². The minimum atomic E-state index is -0.865. The highest BCUT2D eigenvalue weighted by molar-refractivity contribution is 9.10. The second kappa shape index (κ2) is 11.0. The van der Waals surface area contributed by atoms with Crippen LogP contribution in [-0.2, 0) is 14.4 Å². The third-order valence-corrected chi connectivity index (χ3v) is 5.12. The first kappa shape index (κ1) is 23.7. The molecular formula is C21H23BrClN3O4. The second-order valence-electron chi connectivity index (χ2n) is 6.72. The zero-order valence-corrected chi connectivity index (χ0v) is 19.2. The lowest BCUT2D eigenvalue weighted by Gasteiger charge is -2.16. The summed E-state index contributed by atoms with van der Waals surface area (Å²) >= 11 is 9.17. The summed E-state index contributed by atoms with van der Waals surface area (Å²) in [7, 11) is 0. The molecule has 0 aromatic heterocycles. The Kier molecular flexibility index (Phi) is 8.68. The smallest absolute Gasteiger partial charge is 0.279 e. The number of aryl methyl sites for hydroxylation is 2. The number of benzene rings is 2. The molecule has 0 aliphatic rings. The number of hydrogen-bond acceptors (Lipinski definition) is 4. The predicted octanol–water partition coefficient (Wildman–Crippen LogP) is 4.05.